The molecule has 7 aromatic carbocycles. The van der Waals surface area contributed by atoms with E-state index < -0.39 is 0 Å². The van der Waals surface area contributed by atoms with Gasteiger partial charge in [-0.1, -0.05) is 182 Å². The van der Waals surface area contributed by atoms with Crippen LogP contribution in [0.4, 0.5) is 0 Å². The monoisotopic (exact) mass is 1290 g/mol. The van der Waals surface area contributed by atoms with E-state index in [1.165, 1.54) is 0 Å². The number of phenolic OH excluding ortho intramolecular Hbond substituents is 1. The van der Waals surface area contributed by atoms with Gasteiger partial charge in [0.05, 0.1) is 34.2 Å². The largest absolute Gasteiger partial charge is 0.506 e. The Balaban J connectivity index is 0.000000148. The van der Waals surface area contributed by atoms with Crippen molar-refractivity contribution in [3.05, 3.63) is 328 Å². The summed E-state index contributed by atoms with van der Waals surface area (Å²) in [6.07, 6.45) is 12.4. The fraction of sp³-hybridized carbons (Fsp3) is 0. The van der Waals surface area contributed by atoms with Crippen LogP contribution < -0.4 is 0 Å². The van der Waals surface area contributed by atoms with Crippen molar-refractivity contribution >= 4 is 10.9 Å². The Labute approximate surface area is 566 Å². The number of pyridine rings is 7. The molecule has 14 nitrogen and oxygen atoms in total. The summed E-state index contributed by atoms with van der Waals surface area (Å²) in [6, 6.07) is 93.1. The van der Waals surface area contributed by atoms with Crippen LogP contribution in [0.5, 0.6) is 5.75 Å². The number of rotatable bonds is 12. The molecule has 0 saturated heterocycles. The predicted octanol–water partition coefficient (Wildman–Crippen LogP) is 18.1. The van der Waals surface area contributed by atoms with Crippen molar-refractivity contribution in [2.45, 2.75) is 0 Å². The van der Waals surface area contributed by atoms with Crippen molar-refractivity contribution in [3.63, 3.8) is 0 Å². The van der Waals surface area contributed by atoms with E-state index in [0.29, 0.717) is 40.5 Å². The second-order valence-corrected chi connectivity index (χ2v) is 21.6. The summed E-state index contributed by atoms with van der Waals surface area (Å²) in [5.41, 5.74) is 16.9. The van der Waals surface area contributed by atoms with Gasteiger partial charge in [-0.25, -0.2) is 29.9 Å². The average molecular weight is 1290 g/mol. The van der Waals surface area contributed by atoms with Gasteiger partial charge in [-0.15, -0.1) is 0 Å². The zero-order chi connectivity index (χ0) is 64.0. The summed E-state index contributed by atoms with van der Waals surface area (Å²) in [6.45, 7) is 0. The molecule has 0 bridgehead atoms. The van der Waals surface area contributed by atoms with Crippen LogP contribution in [-0.2, 0) is 19.5 Å². The Hall–Kier alpha value is -12.7. The van der Waals surface area contributed by atoms with Crippen LogP contribution in [0.2, 0.25) is 0 Å². The third-order valence-corrected chi connectivity index (χ3v) is 15.5. The van der Waals surface area contributed by atoms with Gasteiger partial charge >= 0.3 is 0 Å². The SMILES string of the molecule is Oc1cccc2cccnc12.[Zn].c1ccc(-c2cccc(-c3nc(-c4cccc(-c5ccccn5)c4)nc(-c4cccc(-c5ccccn5)c4)n3)c2)nc1.c1ccc(-c2ccccc2-c2nc(-c3ccccc3-c3ccccn3)nc(-c3ccccc3-c3ccccn3)n2)nc1. The Morgan fingerprint density at radius 2 is 0.458 bits per heavy atom. The number of aromatic nitrogens is 13. The fourth-order valence-corrected chi connectivity index (χ4v) is 10.9. The van der Waals surface area contributed by atoms with Crippen LogP contribution in [0.1, 0.15) is 0 Å². The van der Waals surface area contributed by atoms with Crippen LogP contribution in [0, 0.1) is 0 Å². The van der Waals surface area contributed by atoms with E-state index in [1.807, 2.05) is 255 Å². The Morgan fingerprint density at radius 1 is 0.198 bits per heavy atom. The number of hydrogen-bond donors (Lipinski definition) is 1. The molecule has 1 N–H and O–H groups in total. The normalized spacial score (nSPS) is 10.7. The van der Waals surface area contributed by atoms with Crippen LogP contribution in [0.3, 0.4) is 0 Å². The summed E-state index contributed by atoms with van der Waals surface area (Å²) in [4.78, 5) is 61.6. The molecule has 9 aromatic heterocycles. The van der Waals surface area contributed by atoms with Gasteiger partial charge in [0.1, 0.15) is 11.3 Å². The minimum Gasteiger partial charge on any atom is -0.506 e. The van der Waals surface area contributed by atoms with Crippen molar-refractivity contribution in [1.82, 2.24) is 64.8 Å². The molecule has 0 unspecified atom stereocenters. The smallest absolute Gasteiger partial charge is 0.164 e. The molecule has 0 amide bonds. The molecule has 452 valence electrons. The molecule has 15 heteroatoms. The van der Waals surface area contributed by atoms with Crippen molar-refractivity contribution in [2.24, 2.45) is 0 Å². The van der Waals surface area contributed by atoms with E-state index in [1.54, 1.807) is 55.5 Å². The van der Waals surface area contributed by atoms with Crippen molar-refractivity contribution < 1.29 is 24.6 Å². The van der Waals surface area contributed by atoms with Crippen LogP contribution in [0.25, 0.3) is 147 Å². The number of fused-ring (bicyclic) bond motifs is 1. The molecule has 96 heavy (non-hydrogen) atoms. The first-order chi connectivity index (χ1) is 47.0. The number of para-hydroxylation sites is 1. The number of phenols is 1. The Bertz CT molecular complexity index is 4790. The molecule has 0 aliphatic carbocycles. The first-order valence-corrected chi connectivity index (χ1v) is 30.7. The van der Waals surface area contributed by atoms with E-state index in [9.17, 15) is 5.11 Å². The van der Waals surface area contributed by atoms with Crippen LogP contribution in [-0.4, -0.2) is 69.9 Å². The zero-order valence-electron chi connectivity index (χ0n) is 51.6. The molecule has 16 rings (SSSR count). The molecule has 0 saturated carbocycles. The maximum absolute atomic E-state index is 9.31. The molecule has 16 aromatic rings. The van der Waals surface area contributed by atoms with E-state index >= 15 is 0 Å². The summed E-state index contributed by atoms with van der Waals surface area (Å²) in [5.74, 6) is 3.66. The maximum atomic E-state index is 9.31. The van der Waals surface area contributed by atoms with E-state index in [2.05, 4.69) is 53.1 Å². The standard InChI is InChI=1S/2C36H24N6.C9H7NO.Zn/c1-4-19-37-31(16-1)25-10-7-13-28(22-25)34-40-35(29-14-8-11-26(23-29)32-17-2-5-20-38-32)42-36(41-34)30-15-9-12-27(24-30)33-18-3-6-21-39-33;1-4-16-28(25(13-1)31-19-7-10-22-37-31)34-40-35(29-17-5-2-14-26(29)32-20-8-11-23-38-32)42-36(41-34)30-18-6-3-15-27(30)33-21-9-12-24-39-33;11-8-5-1-3-7-4-2-6-10-9(7)8;/h2*1-24H;1-6,11H;. The van der Waals surface area contributed by atoms with E-state index in [0.717, 1.165) is 106 Å². The third kappa shape index (κ3) is 14.3. The van der Waals surface area contributed by atoms with Gasteiger partial charge in [-0.05, 0) is 103 Å². The van der Waals surface area contributed by atoms with Crippen molar-refractivity contribution in [1.29, 1.82) is 0 Å². The Morgan fingerprint density at radius 3 is 0.771 bits per heavy atom. The minimum atomic E-state index is 0. The van der Waals surface area contributed by atoms with E-state index in [-0.39, 0.29) is 25.2 Å². The number of benzene rings is 7. The molecule has 0 radical (unpaired) electrons. The van der Waals surface area contributed by atoms with Gasteiger partial charge < -0.3 is 5.11 Å². The molecule has 0 aliphatic heterocycles. The number of nitrogens with zero attached hydrogens (tertiary/aromatic N) is 13. The quantitative estimate of drug-likeness (QED) is 0.114. The van der Waals surface area contributed by atoms with Gasteiger partial charge in [0.25, 0.3) is 0 Å². The molecule has 9 heterocycles. The van der Waals surface area contributed by atoms with Gasteiger partial charge in [0, 0.05) is 135 Å². The molecular weight excluding hydrogens is 1240 g/mol. The average Bonchev–Trinajstić information content (AvgIpc) is 0.783. The summed E-state index contributed by atoms with van der Waals surface area (Å²) in [5, 5.41) is 10.3. The summed E-state index contributed by atoms with van der Waals surface area (Å²) >= 11 is 0. The third-order valence-electron chi connectivity index (χ3n) is 15.5. The number of hydrogen-bond acceptors (Lipinski definition) is 14. The van der Waals surface area contributed by atoms with Gasteiger partial charge in [0.2, 0.25) is 0 Å². The van der Waals surface area contributed by atoms with Crippen LogP contribution >= 0.6 is 0 Å². The Kier molecular flexibility index (Phi) is 19.2. The van der Waals surface area contributed by atoms with Crippen LogP contribution in [0.15, 0.2) is 328 Å². The van der Waals surface area contributed by atoms with Crippen molar-refractivity contribution in [2.75, 3.05) is 0 Å². The van der Waals surface area contributed by atoms with Gasteiger partial charge in [0.15, 0.2) is 34.9 Å². The van der Waals surface area contributed by atoms with E-state index in [4.69, 9.17) is 29.9 Å². The van der Waals surface area contributed by atoms with Gasteiger partial charge in [-0.3, -0.25) is 34.9 Å². The predicted molar refractivity (Wildman–Crippen MR) is 375 cm³/mol. The zero-order valence-corrected chi connectivity index (χ0v) is 54.6. The van der Waals surface area contributed by atoms with Gasteiger partial charge in [-0.2, -0.15) is 0 Å². The second kappa shape index (κ2) is 29.7. The summed E-state index contributed by atoms with van der Waals surface area (Å²) in [7, 11) is 0. The number of aromatic hydroxyl groups is 1. The van der Waals surface area contributed by atoms with Crippen molar-refractivity contribution in [3.8, 4) is 142 Å². The molecule has 0 spiro atoms. The first kappa shape index (κ1) is 62.1. The first-order valence-electron chi connectivity index (χ1n) is 30.7. The fourth-order valence-electron chi connectivity index (χ4n) is 10.9. The molecule has 0 atom stereocenters. The summed E-state index contributed by atoms with van der Waals surface area (Å²) < 4.78 is 0. The minimum absolute atomic E-state index is 0. The maximum Gasteiger partial charge on any atom is 0.164 e. The molecular formula is C81H55N13OZn. The molecule has 0 fully saturated rings. The topological polar surface area (TPSA) is 188 Å². The molecule has 0 aliphatic rings. The second-order valence-electron chi connectivity index (χ2n) is 21.6.